The molecule has 1 aliphatic rings. The molecule has 0 saturated heterocycles. The molecule has 3 rings (SSSR count). The van der Waals surface area contributed by atoms with Crippen molar-refractivity contribution in [1.29, 1.82) is 0 Å². The van der Waals surface area contributed by atoms with Crippen molar-refractivity contribution < 1.29 is 4.79 Å². The largest absolute Gasteiger partial charge is 0.355 e. The summed E-state index contributed by atoms with van der Waals surface area (Å²) in [6, 6.07) is 10.2. The second-order valence-corrected chi connectivity index (χ2v) is 6.39. The quantitative estimate of drug-likeness (QED) is 0.232. The van der Waals surface area contributed by atoms with Gasteiger partial charge < -0.3 is 16.0 Å². The van der Waals surface area contributed by atoms with E-state index in [0.29, 0.717) is 19.6 Å². The summed E-state index contributed by atoms with van der Waals surface area (Å²) in [7, 11) is 1.74. The van der Waals surface area contributed by atoms with E-state index in [1.54, 1.807) is 13.2 Å². The van der Waals surface area contributed by atoms with Gasteiger partial charge in [-0.2, -0.15) is 5.10 Å². The number of aromatic nitrogens is 2. The number of guanidine groups is 1. The van der Waals surface area contributed by atoms with Crippen LogP contribution in [0.5, 0.6) is 0 Å². The van der Waals surface area contributed by atoms with Crippen LogP contribution in [0.1, 0.15) is 24.0 Å². The van der Waals surface area contributed by atoms with Crippen molar-refractivity contribution in [3.8, 4) is 0 Å². The highest BCUT2D eigenvalue weighted by Gasteiger charge is 2.28. The summed E-state index contributed by atoms with van der Waals surface area (Å²) in [5.41, 5.74) is 2.42. The standard InChI is InChI=1S/C19H26N6O.HI/c1-20-19(22-11-10-21-18(26)15-7-8-15)23-13-16-5-2-3-6-17(16)14-25-12-4-9-24-25;/h2-6,9,12,15H,7-8,10-11,13-14H2,1H3,(H,21,26)(H2,20,22,23);1H. The number of carbonyl (C=O) groups is 1. The number of halogens is 1. The molecule has 8 heteroatoms. The van der Waals surface area contributed by atoms with E-state index >= 15 is 0 Å². The first-order chi connectivity index (χ1) is 12.8. The number of hydrogen-bond donors (Lipinski definition) is 3. The molecule has 0 spiro atoms. The molecular formula is C19H27IN6O. The minimum Gasteiger partial charge on any atom is -0.355 e. The maximum atomic E-state index is 11.6. The molecule has 0 radical (unpaired) electrons. The molecule has 0 aliphatic heterocycles. The van der Waals surface area contributed by atoms with E-state index < -0.39 is 0 Å². The molecule has 1 aromatic carbocycles. The maximum Gasteiger partial charge on any atom is 0.223 e. The van der Waals surface area contributed by atoms with Crippen LogP contribution in [0.15, 0.2) is 47.7 Å². The second kappa shape index (κ2) is 10.9. The van der Waals surface area contributed by atoms with Gasteiger partial charge >= 0.3 is 0 Å². The van der Waals surface area contributed by atoms with E-state index in [-0.39, 0.29) is 35.8 Å². The summed E-state index contributed by atoms with van der Waals surface area (Å²) in [4.78, 5) is 15.8. The van der Waals surface area contributed by atoms with Crippen molar-refractivity contribution >= 4 is 35.8 Å². The average molecular weight is 482 g/mol. The Bertz CT molecular complexity index is 742. The predicted molar refractivity (Wildman–Crippen MR) is 117 cm³/mol. The Kier molecular flexibility index (Phi) is 8.56. The average Bonchev–Trinajstić information content (AvgIpc) is 3.40. The van der Waals surface area contributed by atoms with Gasteiger partial charge in [0.05, 0.1) is 6.54 Å². The normalized spacial score (nSPS) is 13.6. The minimum absolute atomic E-state index is 0. The molecule has 2 aromatic rings. The fourth-order valence-electron chi connectivity index (χ4n) is 2.71. The van der Waals surface area contributed by atoms with E-state index in [1.165, 1.54) is 11.1 Å². The Labute approximate surface area is 177 Å². The van der Waals surface area contributed by atoms with Gasteiger partial charge in [0.2, 0.25) is 5.91 Å². The summed E-state index contributed by atoms with van der Waals surface area (Å²) in [5.74, 6) is 1.14. The highest BCUT2D eigenvalue weighted by Crippen LogP contribution is 2.28. The molecular weight excluding hydrogens is 455 g/mol. The van der Waals surface area contributed by atoms with E-state index in [0.717, 1.165) is 25.3 Å². The lowest BCUT2D eigenvalue weighted by atomic mass is 10.1. The molecule has 1 aliphatic carbocycles. The minimum atomic E-state index is 0. The molecule has 3 N–H and O–H groups in total. The Balaban J connectivity index is 0.00000261. The van der Waals surface area contributed by atoms with Crippen LogP contribution in [0, 0.1) is 5.92 Å². The van der Waals surface area contributed by atoms with Gasteiger partial charge in [-0.15, -0.1) is 24.0 Å². The zero-order valence-corrected chi connectivity index (χ0v) is 17.8. The summed E-state index contributed by atoms with van der Waals surface area (Å²) in [6.07, 6.45) is 5.80. The van der Waals surface area contributed by atoms with E-state index in [9.17, 15) is 4.79 Å². The maximum absolute atomic E-state index is 11.6. The third kappa shape index (κ3) is 6.85. The molecule has 0 bridgehead atoms. The van der Waals surface area contributed by atoms with Gasteiger partial charge in [0, 0.05) is 45.0 Å². The topological polar surface area (TPSA) is 83.3 Å². The molecule has 1 saturated carbocycles. The van der Waals surface area contributed by atoms with Crippen molar-refractivity contribution in [2.45, 2.75) is 25.9 Å². The van der Waals surface area contributed by atoms with Crippen LogP contribution in [0.2, 0.25) is 0 Å². The van der Waals surface area contributed by atoms with Crippen LogP contribution in [-0.2, 0) is 17.9 Å². The molecule has 27 heavy (non-hydrogen) atoms. The SMILES string of the molecule is CN=C(NCCNC(=O)C1CC1)NCc1ccccc1Cn1cccn1.I. The first-order valence-electron chi connectivity index (χ1n) is 9.02. The smallest absolute Gasteiger partial charge is 0.223 e. The van der Waals surface area contributed by atoms with Gasteiger partial charge in [-0.25, -0.2) is 0 Å². The van der Waals surface area contributed by atoms with Crippen molar-refractivity contribution in [2.24, 2.45) is 10.9 Å². The predicted octanol–water partition coefficient (Wildman–Crippen LogP) is 1.74. The molecule has 0 atom stereocenters. The van der Waals surface area contributed by atoms with Gasteiger partial charge in [0.15, 0.2) is 5.96 Å². The van der Waals surface area contributed by atoms with Crippen LogP contribution < -0.4 is 16.0 Å². The van der Waals surface area contributed by atoms with Gasteiger partial charge in [-0.3, -0.25) is 14.5 Å². The Hall–Kier alpha value is -2.10. The van der Waals surface area contributed by atoms with Gasteiger partial charge in [0.25, 0.3) is 0 Å². The number of hydrogen-bond acceptors (Lipinski definition) is 3. The third-order valence-electron chi connectivity index (χ3n) is 4.34. The fraction of sp³-hybridized carbons (Fsp3) is 0.421. The number of benzene rings is 1. The third-order valence-corrected chi connectivity index (χ3v) is 4.34. The number of nitrogens with zero attached hydrogens (tertiary/aromatic N) is 3. The highest BCUT2D eigenvalue weighted by molar-refractivity contribution is 14.0. The van der Waals surface area contributed by atoms with E-state index in [2.05, 4.69) is 38.2 Å². The lowest BCUT2D eigenvalue weighted by molar-refractivity contribution is -0.122. The zero-order valence-electron chi connectivity index (χ0n) is 15.5. The fourth-order valence-corrected chi connectivity index (χ4v) is 2.71. The van der Waals surface area contributed by atoms with Crippen LogP contribution in [-0.4, -0.2) is 41.8 Å². The lowest BCUT2D eigenvalue weighted by Crippen LogP contribution is -2.41. The second-order valence-electron chi connectivity index (χ2n) is 6.39. The summed E-state index contributed by atoms with van der Waals surface area (Å²) < 4.78 is 1.91. The highest BCUT2D eigenvalue weighted by atomic mass is 127. The zero-order chi connectivity index (χ0) is 18.2. The Morgan fingerprint density at radius 1 is 1.15 bits per heavy atom. The molecule has 146 valence electrons. The molecule has 1 amide bonds. The van der Waals surface area contributed by atoms with Crippen LogP contribution in [0.4, 0.5) is 0 Å². The monoisotopic (exact) mass is 482 g/mol. The molecule has 1 heterocycles. The molecule has 1 aromatic heterocycles. The Morgan fingerprint density at radius 3 is 2.56 bits per heavy atom. The number of rotatable bonds is 8. The van der Waals surface area contributed by atoms with Crippen molar-refractivity contribution in [1.82, 2.24) is 25.7 Å². The lowest BCUT2D eigenvalue weighted by Gasteiger charge is -2.14. The number of nitrogens with one attached hydrogen (secondary N) is 3. The Morgan fingerprint density at radius 2 is 1.89 bits per heavy atom. The van der Waals surface area contributed by atoms with Crippen molar-refractivity contribution in [2.75, 3.05) is 20.1 Å². The van der Waals surface area contributed by atoms with Crippen LogP contribution in [0.25, 0.3) is 0 Å². The molecule has 1 fully saturated rings. The van der Waals surface area contributed by atoms with Gasteiger partial charge in [-0.05, 0) is 30.0 Å². The molecule has 7 nitrogen and oxygen atoms in total. The van der Waals surface area contributed by atoms with Gasteiger partial charge in [-0.1, -0.05) is 24.3 Å². The van der Waals surface area contributed by atoms with E-state index in [4.69, 9.17) is 0 Å². The number of amides is 1. The van der Waals surface area contributed by atoms with Crippen molar-refractivity contribution in [3.05, 3.63) is 53.9 Å². The van der Waals surface area contributed by atoms with E-state index in [1.807, 2.05) is 29.1 Å². The summed E-state index contributed by atoms with van der Waals surface area (Å²) in [5, 5.41) is 13.8. The first-order valence-corrected chi connectivity index (χ1v) is 9.02. The summed E-state index contributed by atoms with van der Waals surface area (Å²) >= 11 is 0. The van der Waals surface area contributed by atoms with Crippen LogP contribution >= 0.6 is 24.0 Å². The first kappa shape index (κ1) is 21.2. The number of carbonyl (C=O) groups excluding carboxylic acids is 1. The molecule has 0 unspecified atom stereocenters. The summed E-state index contributed by atoms with van der Waals surface area (Å²) in [6.45, 7) is 2.66. The van der Waals surface area contributed by atoms with Crippen LogP contribution in [0.3, 0.4) is 0 Å². The number of aliphatic imine (C=N–C) groups is 1. The van der Waals surface area contributed by atoms with Gasteiger partial charge in [0.1, 0.15) is 0 Å². The van der Waals surface area contributed by atoms with Crippen molar-refractivity contribution in [3.63, 3.8) is 0 Å².